The number of aromatic nitrogens is 1. The molecule has 0 unspecified atom stereocenters. The van der Waals surface area contributed by atoms with Crippen molar-refractivity contribution in [2.75, 3.05) is 13.1 Å². The average Bonchev–Trinajstić information content (AvgIpc) is 3.42. The molecule has 0 spiro atoms. The number of nitrogens with one attached hydrogen (secondary N) is 1. The summed E-state index contributed by atoms with van der Waals surface area (Å²) in [4.78, 5) is 12.9. The van der Waals surface area contributed by atoms with Crippen molar-refractivity contribution in [3.05, 3.63) is 54.6 Å². The first kappa shape index (κ1) is 21.6. The Morgan fingerprint density at radius 1 is 1.23 bits per heavy atom. The zero-order valence-corrected chi connectivity index (χ0v) is 18.8. The average molecular weight is 444 g/mol. The van der Waals surface area contributed by atoms with Gasteiger partial charge in [-0.3, -0.25) is 4.79 Å². The first-order valence-corrected chi connectivity index (χ1v) is 12.2. The normalized spacial score (nSPS) is 17.1. The maximum atomic E-state index is 13.1. The highest BCUT2D eigenvalue weighted by Crippen LogP contribution is 2.27. The van der Waals surface area contributed by atoms with Crippen molar-refractivity contribution in [3.63, 3.8) is 0 Å². The van der Waals surface area contributed by atoms with Crippen LogP contribution in [0, 0.1) is 5.92 Å². The Kier molecular flexibility index (Phi) is 6.20. The van der Waals surface area contributed by atoms with Crippen LogP contribution < -0.4 is 5.32 Å². The molecule has 2 aromatic heterocycles. The van der Waals surface area contributed by atoms with Gasteiger partial charge in [0.25, 0.3) is 0 Å². The first-order chi connectivity index (χ1) is 14.9. The molecule has 7 nitrogen and oxygen atoms in total. The minimum atomic E-state index is -3.58. The van der Waals surface area contributed by atoms with Crippen LogP contribution in [0.3, 0.4) is 0 Å². The van der Waals surface area contributed by atoms with Gasteiger partial charge >= 0.3 is 0 Å². The van der Waals surface area contributed by atoms with E-state index in [-0.39, 0.29) is 17.9 Å². The number of aryl methyl sites for hydroxylation is 1. The standard InChI is InChI=1S/C23H29N3O4S/c1-3-25-11-8-19-16-21(6-7-22(19)25)31(28,29)26-12-9-18(10-13-26)23(27)24-17(2)15-20-5-4-14-30-20/h4-8,11,14,16-18H,3,9-10,12-13,15H2,1-2H3,(H,24,27)/t17-/m1/s1. The minimum Gasteiger partial charge on any atom is -0.469 e. The lowest BCUT2D eigenvalue weighted by Crippen LogP contribution is -2.45. The molecule has 1 aliphatic rings. The monoisotopic (exact) mass is 443 g/mol. The van der Waals surface area contributed by atoms with Gasteiger partial charge in [-0.05, 0) is 63.1 Å². The van der Waals surface area contributed by atoms with Crippen LogP contribution in [0.25, 0.3) is 10.9 Å². The van der Waals surface area contributed by atoms with Crippen molar-refractivity contribution < 1.29 is 17.6 Å². The van der Waals surface area contributed by atoms with Crippen LogP contribution in [0.1, 0.15) is 32.4 Å². The molecule has 1 fully saturated rings. The molecule has 1 N–H and O–H groups in total. The molecule has 1 aromatic carbocycles. The highest BCUT2D eigenvalue weighted by molar-refractivity contribution is 7.89. The van der Waals surface area contributed by atoms with Gasteiger partial charge in [0.15, 0.2) is 0 Å². The van der Waals surface area contributed by atoms with Crippen molar-refractivity contribution in [1.29, 1.82) is 0 Å². The Bertz CT molecular complexity index is 1140. The van der Waals surface area contributed by atoms with Crippen LogP contribution in [-0.2, 0) is 27.8 Å². The highest BCUT2D eigenvalue weighted by Gasteiger charge is 2.32. The van der Waals surface area contributed by atoms with E-state index in [1.165, 1.54) is 4.31 Å². The number of piperidine rings is 1. The predicted molar refractivity (Wildman–Crippen MR) is 119 cm³/mol. The molecule has 0 aliphatic carbocycles. The molecule has 0 saturated carbocycles. The maximum Gasteiger partial charge on any atom is 0.243 e. The first-order valence-electron chi connectivity index (χ1n) is 10.8. The molecule has 1 aliphatic heterocycles. The molecule has 1 amide bonds. The number of sulfonamides is 1. The third-order valence-corrected chi connectivity index (χ3v) is 7.92. The van der Waals surface area contributed by atoms with E-state index >= 15 is 0 Å². The van der Waals surface area contributed by atoms with Crippen LogP contribution in [0.5, 0.6) is 0 Å². The number of nitrogens with zero attached hydrogens (tertiary/aromatic N) is 2. The Labute approximate surface area is 183 Å². The summed E-state index contributed by atoms with van der Waals surface area (Å²) in [5, 5.41) is 3.95. The molecule has 31 heavy (non-hydrogen) atoms. The lowest BCUT2D eigenvalue weighted by Gasteiger charge is -2.31. The van der Waals surface area contributed by atoms with Gasteiger partial charge in [-0.2, -0.15) is 4.31 Å². The number of carbonyl (C=O) groups is 1. The Morgan fingerprint density at radius 3 is 2.68 bits per heavy atom. The van der Waals surface area contributed by atoms with Crippen LogP contribution in [0.2, 0.25) is 0 Å². The third-order valence-electron chi connectivity index (χ3n) is 6.02. The van der Waals surface area contributed by atoms with Gasteiger partial charge in [-0.25, -0.2) is 8.42 Å². The van der Waals surface area contributed by atoms with Crippen molar-refractivity contribution in [3.8, 4) is 0 Å². The molecular formula is C23H29N3O4S. The number of furan rings is 1. The van der Waals surface area contributed by atoms with E-state index in [2.05, 4.69) is 16.8 Å². The fourth-order valence-electron chi connectivity index (χ4n) is 4.26. The smallest absolute Gasteiger partial charge is 0.243 e. The van der Waals surface area contributed by atoms with Gasteiger partial charge in [0.2, 0.25) is 15.9 Å². The van der Waals surface area contributed by atoms with E-state index in [4.69, 9.17) is 4.42 Å². The Morgan fingerprint density at radius 2 is 2.00 bits per heavy atom. The van der Waals surface area contributed by atoms with Gasteiger partial charge in [0.05, 0.1) is 11.2 Å². The fourth-order valence-corrected chi connectivity index (χ4v) is 5.77. The third kappa shape index (κ3) is 4.55. The summed E-state index contributed by atoms with van der Waals surface area (Å²) in [6.45, 7) is 5.54. The fraction of sp³-hybridized carbons (Fsp3) is 0.435. The molecule has 4 rings (SSSR count). The summed E-state index contributed by atoms with van der Waals surface area (Å²) in [5.74, 6) is 0.643. The number of rotatable bonds is 7. The second-order valence-corrected chi connectivity index (χ2v) is 10.1. The molecule has 8 heteroatoms. The Hall–Kier alpha value is -2.58. The number of amides is 1. The van der Waals surface area contributed by atoms with Crippen LogP contribution in [0.15, 0.2) is 58.2 Å². The topological polar surface area (TPSA) is 84.5 Å². The van der Waals surface area contributed by atoms with Crippen molar-refractivity contribution in [2.45, 2.75) is 50.6 Å². The molecule has 3 aromatic rings. The van der Waals surface area contributed by atoms with E-state index in [0.29, 0.717) is 37.2 Å². The summed E-state index contributed by atoms with van der Waals surface area (Å²) in [6.07, 6.45) is 5.27. The molecule has 1 saturated heterocycles. The van der Waals surface area contributed by atoms with Gasteiger partial charge in [-0.1, -0.05) is 0 Å². The second-order valence-electron chi connectivity index (χ2n) is 8.19. The van der Waals surface area contributed by atoms with Crippen molar-refractivity contribution in [1.82, 2.24) is 14.2 Å². The van der Waals surface area contributed by atoms with E-state index in [0.717, 1.165) is 23.2 Å². The summed E-state index contributed by atoms with van der Waals surface area (Å²) in [5.41, 5.74) is 1.03. The van der Waals surface area contributed by atoms with Crippen molar-refractivity contribution in [2.24, 2.45) is 5.92 Å². The summed E-state index contributed by atoms with van der Waals surface area (Å²) in [7, 11) is -3.58. The number of hydrogen-bond donors (Lipinski definition) is 1. The van der Waals surface area contributed by atoms with Gasteiger partial charge in [-0.15, -0.1) is 0 Å². The molecule has 3 heterocycles. The SMILES string of the molecule is CCn1ccc2cc(S(=O)(=O)N3CCC(C(=O)N[C@H](C)Cc4ccco4)CC3)ccc21. The van der Waals surface area contributed by atoms with E-state index < -0.39 is 10.0 Å². The highest BCUT2D eigenvalue weighted by atomic mass is 32.2. The second kappa shape index (κ2) is 8.88. The number of benzene rings is 1. The maximum absolute atomic E-state index is 13.1. The van der Waals surface area contributed by atoms with E-state index in [1.807, 2.05) is 37.4 Å². The summed E-state index contributed by atoms with van der Waals surface area (Å²) in [6, 6.07) is 10.9. The lowest BCUT2D eigenvalue weighted by molar-refractivity contribution is -0.126. The zero-order chi connectivity index (χ0) is 22.0. The number of hydrogen-bond acceptors (Lipinski definition) is 4. The molecule has 1 atom stereocenters. The van der Waals surface area contributed by atoms with Crippen LogP contribution >= 0.6 is 0 Å². The summed E-state index contributed by atoms with van der Waals surface area (Å²) >= 11 is 0. The molecule has 166 valence electrons. The zero-order valence-electron chi connectivity index (χ0n) is 18.0. The summed E-state index contributed by atoms with van der Waals surface area (Å²) < 4.78 is 35.2. The molecule has 0 radical (unpaired) electrons. The quantitative estimate of drug-likeness (QED) is 0.607. The Balaban J connectivity index is 1.36. The minimum absolute atomic E-state index is 0.0153. The lowest BCUT2D eigenvalue weighted by atomic mass is 9.96. The van der Waals surface area contributed by atoms with E-state index in [9.17, 15) is 13.2 Å². The van der Waals surface area contributed by atoms with Gasteiger partial charge < -0.3 is 14.3 Å². The number of carbonyl (C=O) groups excluding carboxylic acids is 1. The largest absolute Gasteiger partial charge is 0.469 e. The predicted octanol–water partition coefficient (Wildman–Crippen LogP) is 3.40. The van der Waals surface area contributed by atoms with Crippen LogP contribution in [0.4, 0.5) is 0 Å². The van der Waals surface area contributed by atoms with Crippen molar-refractivity contribution >= 4 is 26.8 Å². The molecule has 0 bridgehead atoms. The van der Waals surface area contributed by atoms with Gasteiger partial charge in [0, 0.05) is 55.1 Å². The number of fused-ring (bicyclic) bond motifs is 1. The van der Waals surface area contributed by atoms with Crippen LogP contribution in [-0.4, -0.2) is 42.3 Å². The molecular weight excluding hydrogens is 414 g/mol. The van der Waals surface area contributed by atoms with E-state index in [1.54, 1.807) is 18.4 Å². The van der Waals surface area contributed by atoms with Gasteiger partial charge in [0.1, 0.15) is 5.76 Å².